The van der Waals surface area contributed by atoms with E-state index in [4.69, 9.17) is 11.6 Å². The monoisotopic (exact) mass is 354 g/mol. The van der Waals surface area contributed by atoms with Gasteiger partial charge in [0.15, 0.2) is 0 Å². The molecule has 0 amide bonds. The average Bonchev–Trinajstić information content (AvgIpc) is 2.43. The topological polar surface area (TPSA) is 55.2 Å². The Morgan fingerprint density at radius 2 is 1.90 bits per heavy atom. The number of benzene rings is 2. The van der Waals surface area contributed by atoms with E-state index in [-0.39, 0.29) is 5.69 Å². The summed E-state index contributed by atoms with van der Waals surface area (Å²) in [5.41, 5.74) is 2.01. The molecule has 4 nitrogen and oxygen atoms in total. The van der Waals surface area contributed by atoms with E-state index in [0.29, 0.717) is 11.6 Å². The molecule has 0 saturated carbocycles. The third-order valence-corrected chi connectivity index (χ3v) is 3.63. The summed E-state index contributed by atoms with van der Waals surface area (Å²) in [5.74, 6) is 0. The van der Waals surface area contributed by atoms with E-state index in [2.05, 4.69) is 21.2 Å². The van der Waals surface area contributed by atoms with Crippen molar-refractivity contribution >= 4 is 38.9 Å². The summed E-state index contributed by atoms with van der Waals surface area (Å²) < 4.78 is 0.958. The van der Waals surface area contributed by atoms with Crippen molar-refractivity contribution in [2.24, 2.45) is 0 Å². The molecule has 0 unspecified atom stereocenters. The highest BCUT2D eigenvalue weighted by atomic mass is 79.9. The minimum absolute atomic E-state index is 0.108. The summed E-state index contributed by atoms with van der Waals surface area (Å²) in [6.45, 7) is 0.702. The van der Waals surface area contributed by atoms with Crippen LogP contribution in [0.2, 0.25) is 5.02 Å². The number of nitro benzene ring substituents is 1. The summed E-state index contributed by atoms with van der Waals surface area (Å²) in [5, 5.41) is 14.5. The standard InChI is InChI=1S/C14H12BrClN2O2/c15-11-3-6-13(16)14(9-11)17-8-7-10-1-4-12(5-2-10)18(19)20/h1-6,9,17H,7-8H2. The van der Waals surface area contributed by atoms with Crippen LogP contribution >= 0.6 is 27.5 Å². The molecule has 0 aliphatic carbocycles. The second kappa shape index (κ2) is 6.72. The van der Waals surface area contributed by atoms with Crippen LogP contribution in [-0.4, -0.2) is 11.5 Å². The number of anilines is 1. The van der Waals surface area contributed by atoms with Crippen molar-refractivity contribution in [1.29, 1.82) is 0 Å². The van der Waals surface area contributed by atoms with Gasteiger partial charge in [0.25, 0.3) is 5.69 Å². The van der Waals surface area contributed by atoms with Gasteiger partial charge in [-0.05, 0) is 30.2 Å². The first kappa shape index (κ1) is 14.8. The Labute approximate surface area is 130 Å². The third-order valence-electron chi connectivity index (χ3n) is 2.80. The second-order valence-corrected chi connectivity index (χ2v) is 5.55. The minimum atomic E-state index is -0.400. The van der Waals surface area contributed by atoms with Gasteiger partial charge in [-0.25, -0.2) is 0 Å². The van der Waals surface area contributed by atoms with Crippen molar-refractivity contribution in [3.05, 3.63) is 67.6 Å². The zero-order valence-electron chi connectivity index (χ0n) is 10.5. The van der Waals surface area contributed by atoms with E-state index in [0.717, 1.165) is 22.1 Å². The highest BCUT2D eigenvalue weighted by Crippen LogP contribution is 2.25. The zero-order valence-corrected chi connectivity index (χ0v) is 12.8. The van der Waals surface area contributed by atoms with E-state index in [9.17, 15) is 10.1 Å². The Kier molecular flexibility index (Phi) is 4.98. The maximum atomic E-state index is 10.6. The van der Waals surface area contributed by atoms with E-state index in [1.165, 1.54) is 12.1 Å². The van der Waals surface area contributed by atoms with Crippen molar-refractivity contribution in [2.75, 3.05) is 11.9 Å². The van der Waals surface area contributed by atoms with Crippen LogP contribution in [0.3, 0.4) is 0 Å². The Hall–Kier alpha value is -1.59. The fourth-order valence-electron chi connectivity index (χ4n) is 1.76. The molecule has 6 heteroatoms. The average molecular weight is 356 g/mol. The number of nitrogens with zero attached hydrogens (tertiary/aromatic N) is 1. The van der Waals surface area contributed by atoms with Gasteiger partial charge in [-0.1, -0.05) is 39.7 Å². The molecule has 20 heavy (non-hydrogen) atoms. The fourth-order valence-corrected chi connectivity index (χ4v) is 2.30. The van der Waals surface area contributed by atoms with Gasteiger partial charge >= 0.3 is 0 Å². The lowest BCUT2D eigenvalue weighted by Crippen LogP contribution is -2.05. The molecule has 0 radical (unpaired) electrons. The summed E-state index contributed by atoms with van der Waals surface area (Å²) in [6.07, 6.45) is 0.765. The maximum absolute atomic E-state index is 10.6. The van der Waals surface area contributed by atoms with Crippen molar-refractivity contribution in [3.63, 3.8) is 0 Å². The lowest BCUT2D eigenvalue weighted by Gasteiger charge is -2.08. The second-order valence-electron chi connectivity index (χ2n) is 4.22. The molecule has 0 aromatic heterocycles. The first-order valence-corrected chi connectivity index (χ1v) is 7.15. The third kappa shape index (κ3) is 3.95. The number of rotatable bonds is 5. The van der Waals surface area contributed by atoms with Gasteiger partial charge in [0.1, 0.15) is 0 Å². The van der Waals surface area contributed by atoms with Crippen LogP contribution < -0.4 is 5.32 Å². The molecule has 0 heterocycles. The van der Waals surface area contributed by atoms with Gasteiger partial charge < -0.3 is 5.32 Å². The van der Waals surface area contributed by atoms with Crippen LogP contribution in [0.15, 0.2) is 46.9 Å². The smallest absolute Gasteiger partial charge is 0.269 e. The first-order chi connectivity index (χ1) is 9.56. The summed E-state index contributed by atoms with van der Waals surface area (Å²) in [6, 6.07) is 12.2. The Bertz CT molecular complexity index is 617. The highest BCUT2D eigenvalue weighted by molar-refractivity contribution is 9.10. The van der Waals surface area contributed by atoms with Gasteiger partial charge in [0.2, 0.25) is 0 Å². The number of nitro groups is 1. The SMILES string of the molecule is O=[N+]([O-])c1ccc(CCNc2cc(Br)ccc2Cl)cc1. The number of hydrogen-bond donors (Lipinski definition) is 1. The molecule has 0 saturated heterocycles. The van der Waals surface area contributed by atoms with E-state index < -0.39 is 4.92 Å². The van der Waals surface area contributed by atoms with Crippen molar-refractivity contribution in [3.8, 4) is 0 Å². The molecule has 0 spiro atoms. The van der Waals surface area contributed by atoms with Crippen LogP contribution in [0, 0.1) is 10.1 Å². The van der Waals surface area contributed by atoms with Crippen LogP contribution in [0.5, 0.6) is 0 Å². The Morgan fingerprint density at radius 1 is 1.20 bits per heavy atom. The van der Waals surface area contributed by atoms with Gasteiger partial charge in [0, 0.05) is 23.2 Å². The minimum Gasteiger partial charge on any atom is -0.383 e. The number of hydrogen-bond acceptors (Lipinski definition) is 3. The quantitative estimate of drug-likeness (QED) is 0.626. The number of nitrogens with one attached hydrogen (secondary N) is 1. The van der Waals surface area contributed by atoms with E-state index in [1.807, 2.05) is 18.2 Å². The summed E-state index contributed by atoms with van der Waals surface area (Å²) in [7, 11) is 0. The molecule has 2 aromatic carbocycles. The molecule has 0 aliphatic heterocycles. The summed E-state index contributed by atoms with van der Waals surface area (Å²) >= 11 is 9.47. The molecular weight excluding hydrogens is 344 g/mol. The fraction of sp³-hybridized carbons (Fsp3) is 0.143. The van der Waals surface area contributed by atoms with E-state index in [1.54, 1.807) is 12.1 Å². The van der Waals surface area contributed by atoms with Crippen molar-refractivity contribution < 1.29 is 4.92 Å². The van der Waals surface area contributed by atoms with Crippen molar-refractivity contribution in [1.82, 2.24) is 0 Å². The molecule has 0 aliphatic rings. The number of halogens is 2. The van der Waals surface area contributed by atoms with Crippen LogP contribution in [0.1, 0.15) is 5.56 Å². The molecule has 104 valence electrons. The predicted octanol–water partition coefficient (Wildman–Crippen LogP) is 4.67. The van der Waals surface area contributed by atoms with Crippen LogP contribution in [-0.2, 0) is 6.42 Å². The van der Waals surface area contributed by atoms with E-state index >= 15 is 0 Å². The first-order valence-electron chi connectivity index (χ1n) is 5.98. The molecule has 0 fully saturated rings. The van der Waals surface area contributed by atoms with Gasteiger partial charge in [-0.2, -0.15) is 0 Å². The lowest BCUT2D eigenvalue weighted by molar-refractivity contribution is -0.384. The highest BCUT2D eigenvalue weighted by Gasteiger charge is 2.04. The molecule has 2 aromatic rings. The van der Waals surface area contributed by atoms with Crippen LogP contribution in [0.4, 0.5) is 11.4 Å². The molecule has 2 rings (SSSR count). The Morgan fingerprint density at radius 3 is 2.55 bits per heavy atom. The Balaban J connectivity index is 1.92. The lowest BCUT2D eigenvalue weighted by atomic mass is 10.1. The zero-order chi connectivity index (χ0) is 14.5. The van der Waals surface area contributed by atoms with Crippen LogP contribution in [0.25, 0.3) is 0 Å². The van der Waals surface area contributed by atoms with Gasteiger partial charge in [0.05, 0.1) is 15.6 Å². The van der Waals surface area contributed by atoms with Gasteiger partial charge in [-0.15, -0.1) is 0 Å². The molecule has 0 bridgehead atoms. The summed E-state index contributed by atoms with van der Waals surface area (Å²) in [4.78, 5) is 10.2. The molecular formula is C14H12BrClN2O2. The number of non-ortho nitro benzene ring substituents is 1. The normalized spacial score (nSPS) is 10.3. The van der Waals surface area contributed by atoms with Crippen molar-refractivity contribution in [2.45, 2.75) is 6.42 Å². The maximum Gasteiger partial charge on any atom is 0.269 e. The molecule has 0 atom stereocenters. The molecule has 1 N–H and O–H groups in total. The largest absolute Gasteiger partial charge is 0.383 e. The van der Waals surface area contributed by atoms with Gasteiger partial charge in [-0.3, -0.25) is 10.1 Å². The predicted molar refractivity (Wildman–Crippen MR) is 84.4 cm³/mol.